The third-order valence-corrected chi connectivity index (χ3v) is 8.89. The highest BCUT2D eigenvalue weighted by Crippen LogP contribution is 2.33. The number of aromatic nitrogens is 3. The molecular weight excluding hydrogens is 402 g/mol. The maximum Gasteiger partial charge on any atom is 0.214 e. The van der Waals surface area contributed by atoms with Crippen LogP contribution in [-0.4, -0.2) is 73.3 Å². The second-order valence-corrected chi connectivity index (χ2v) is 10.8. The van der Waals surface area contributed by atoms with E-state index in [9.17, 15) is 8.42 Å². The minimum absolute atomic E-state index is 0.244. The Hall–Kier alpha value is -1.71. The van der Waals surface area contributed by atoms with Crippen molar-refractivity contribution in [1.82, 2.24) is 19.3 Å². The molecule has 1 aliphatic carbocycles. The maximum atomic E-state index is 12.9. The third-order valence-electron chi connectivity index (χ3n) is 6.85. The predicted molar refractivity (Wildman–Crippen MR) is 118 cm³/mol. The summed E-state index contributed by atoms with van der Waals surface area (Å²) in [5.41, 5.74) is 0.848. The van der Waals surface area contributed by atoms with Crippen molar-refractivity contribution in [3.8, 4) is 0 Å². The predicted octanol–water partition coefficient (Wildman–Crippen LogP) is 2.64. The highest BCUT2D eigenvalue weighted by molar-refractivity contribution is 7.89. The fraction of sp³-hybridized carbons (Fsp3) is 0.714. The first-order chi connectivity index (χ1) is 14.5. The van der Waals surface area contributed by atoms with E-state index in [2.05, 4.69) is 26.9 Å². The van der Waals surface area contributed by atoms with Crippen LogP contribution in [0.4, 0.5) is 5.82 Å². The fourth-order valence-corrected chi connectivity index (χ4v) is 6.91. The maximum absolute atomic E-state index is 12.9. The molecule has 1 saturated heterocycles. The molecule has 166 valence electrons. The van der Waals surface area contributed by atoms with Crippen LogP contribution in [0.5, 0.6) is 0 Å². The summed E-state index contributed by atoms with van der Waals surface area (Å²) in [4.78, 5) is 14.1. The third kappa shape index (κ3) is 4.63. The number of methoxy groups -OCH3 is 1. The van der Waals surface area contributed by atoms with E-state index in [0.717, 1.165) is 62.0 Å². The van der Waals surface area contributed by atoms with Crippen molar-refractivity contribution in [3.05, 3.63) is 18.6 Å². The molecule has 0 unspecified atom stereocenters. The van der Waals surface area contributed by atoms with Gasteiger partial charge in [0.15, 0.2) is 0 Å². The molecular formula is C21H33N5O3S. The van der Waals surface area contributed by atoms with Gasteiger partial charge in [0.25, 0.3) is 0 Å². The first-order valence-corrected chi connectivity index (χ1v) is 12.6. The largest absolute Gasteiger partial charge is 0.384 e. The Labute approximate surface area is 179 Å². The number of nitrogens with one attached hydrogen (secondary N) is 1. The summed E-state index contributed by atoms with van der Waals surface area (Å²) >= 11 is 0. The van der Waals surface area contributed by atoms with E-state index in [1.807, 2.05) is 12.3 Å². The van der Waals surface area contributed by atoms with Gasteiger partial charge < -0.3 is 14.6 Å². The van der Waals surface area contributed by atoms with Crippen LogP contribution in [0.3, 0.4) is 0 Å². The number of H-pyrrole nitrogens is 1. The Morgan fingerprint density at radius 3 is 2.57 bits per heavy atom. The van der Waals surface area contributed by atoms with Crippen molar-refractivity contribution in [1.29, 1.82) is 0 Å². The summed E-state index contributed by atoms with van der Waals surface area (Å²) in [6, 6.07) is 2.39. The van der Waals surface area contributed by atoms with Gasteiger partial charge in [0, 0.05) is 46.1 Å². The zero-order chi connectivity index (χ0) is 21.1. The Balaban J connectivity index is 1.31. The van der Waals surface area contributed by atoms with Gasteiger partial charge in [-0.25, -0.2) is 22.7 Å². The Bertz CT molecular complexity index is 931. The topological polar surface area (TPSA) is 91.4 Å². The standard InChI is InChI=1S/C21H33N5O3S/c1-25(21-19-7-10-22-20(19)23-15-24-21)18-5-3-17(4-6-18)14-30(27,28)26-11-8-16(9-12-26)13-29-2/h7,10,15-18H,3-6,8-9,11-14H2,1-2H3,(H,22,23,24). The van der Waals surface area contributed by atoms with Gasteiger partial charge in [-0.1, -0.05) is 0 Å². The Morgan fingerprint density at radius 1 is 1.13 bits per heavy atom. The molecule has 8 nitrogen and oxygen atoms in total. The molecule has 0 atom stereocenters. The Morgan fingerprint density at radius 2 is 1.87 bits per heavy atom. The highest BCUT2D eigenvalue weighted by Gasteiger charge is 2.33. The van der Waals surface area contributed by atoms with Crippen molar-refractivity contribution >= 4 is 26.9 Å². The average molecular weight is 436 g/mol. The molecule has 0 aromatic carbocycles. The van der Waals surface area contributed by atoms with E-state index in [-0.39, 0.29) is 11.7 Å². The summed E-state index contributed by atoms with van der Waals surface area (Å²) in [6.45, 7) is 2.00. The molecule has 1 saturated carbocycles. The molecule has 1 aliphatic heterocycles. The van der Waals surface area contributed by atoms with Crippen LogP contribution >= 0.6 is 0 Å². The second kappa shape index (κ2) is 9.20. The number of nitrogens with zero attached hydrogens (tertiary/aromatic N) is 4. The molecule has 0 radical (unpaired) electrons. The first-order valence-electron chi connectivity index (χ1n) is 11.0. The second-order valence-electron chi connectivity index (χ2n) is 8.80. The van der Waals surface area contributed by atoms with Gasteiger partial charge in [0.2, 0.25) is 10.0 Å². The molecule has 2 fully saturated rings. The fourth-order valence-electron chi connectivity index (χ4n) is 5.00. The van der Waals surface area contributed by atoms with Crippen LogP contribution in [0.15, 0.2) is 18.6 Å². The lowest BCUT2D eigenvalue weighted by Crippen LogP contribution is -2.43. The minimum Gasteiger partial charge on any atom is -0.384 e. The van der Waals surface area contributed by atoms with E-state index < -0.39 is 10.0 Å². The number of aromatic amines is 1. The number of rotatable bonds is 7. The number of ether oxygens (including phenoxy) is 1. The van der Waals surface area contributed by atoms with Crippen molar-refractivity contribution in [2.75, 3.05) is 44.5 Å². The lowest BCUT2D eigenvalue weighted by molar-refractivity contribution is 0.121. The summed E-state index contributed by atoms with van der Waals surface area (Å²) < 4.78 is 32.8. The highest BCUT2D eigenvalue weighted by atomic mass is 32.2. The van der Waals surface area contributed by atoms with Crippen LogP contribution in [-0.2, 0) is 14.8 Å². The molecule has 2 aliphatic rings. The van der Waals surface area contributed by atoms with E-state index >= 15 is 0 Å². The molecule has 0 amide bonds. The van der Waals surface area contributed by atoms with Crippen LogP contribution in [0, 0.1) is 11.8 Å². The van der Waals surface area contributed by atoms with Crippen LogP contribution < -0.4 is 4.90 Å². The lowest BCUT2D eigenvalue weighted by atomic mass is 9.86. The molecule has 3 heterocycles. The zero-order valence-electron chi connectivity index (χ0n) is 18.0. The van der Waals surface area contributed by atoms with Gasteiger partial charge in [0.1, 0.15) is 17.8 Å². The van der Waals surface area contributed by atoms with Gasteiger partial charge in [-0.05, 0) is 56.4 Å². The van der Waals surface area contributed by atoms with Gasteiger partial charge in [-0.2, -0.15) is 0 Å². The number of fused-ring (bicyclic) bond motifs is 1. The Kier molecular flexibility index (Phi) is 6.60. The van der Waals surface area contributed by atoms with Gasteiger partial charge in [-0.3, -0.25) is 0 Å². The molecule has 2 aromatic rings. The molecule has 0 spiro atoms. The van der Waals surface area contributed by atoms with Crippen LogP contribution in [0.1, 0.15) is 38.5 Å². The monoisotopic (exact) mass is 435 g/mol. The number of hydrogen-bond acceptors (Lipinski definition) is 6. The number of sulfonamides is 1. The van der Waals surface area contributed by atoms with Crippen LogP contribution in [0.25, 0.3) is 11.0 Å². The zero-order valence-corrected chi connectivity index (χ0v) is 18.8. The molecule has 4 rings (SSSR count). The van der Waals surface area contributed by atoms with E-state index in [0.29, 0.717) is 25.0 Å². The lowest BCUT2D eigenvalue weighted by Gasteiger charge is -2.36. The number of anilines is 1. The molecule has 0 bridgehead atoms. The average Bonchev–Trinajstić information content (AvgIpc) is 3.23. The SMILES string of the molecule is COCC1CCN(S(=O)(=O)CC2CCC(N(C)c3ncnc4[nH]ccc34)CC2)CC1. The normalized spacial score (nSPS) is 24.3. The smallest absolute Gasteiger partial charge is 0.214 e. The molecule has 2 aromatic heterocycles. The summed E-state index contributed by atoms with van der Waals surface area (Å²) in [5, 5.41) is 1.03. The first kappa shape index (κ1) is 21.5. The van der Waals surface area contributed by atoms with Crippen molar-refractivity contribution in [3.63, 3.8) is 0 Å². The van der Waals surface area contributed by atoms with Crippen molar-refractivity contribution in [2.24, 2.45) is 11.8 Å². The molecule has 9 heteroatoms. The van der Waals surface area contributed by atoms with Gasteiger partial charge in [0.05, 0.1) is 11.1 Å². The summed E-state index contributed by atoms with van der Waals surface area (Å²) in [7, 11) is 0.617. The van der Waals surface area contributed by atoms with E-state index in [1.165, 1.54) is 0 Å². The minimum atomic E-state index is -3.18. The van der Waals surface area contributed by atoms with Crippen molar-refractivity contribution in [2.45, 2.75) is 44.6 Å². The van der Waals surface area contributed by atoms with E-state index in [4.69, 9.17) is 4.74 Å². The quantitative estimate of drug-likeness (QED) is 0.719. The van der Waals surface area contributed by atoms with E-state index in [1.54, 1.807) is 17.7 Å². The van der Waals surface area contributed by atoms with Crippen molar-refractivity contribution < 1.29 is 13.2 Å². The summed E-state index contributed by atoms with van der Waals surface area (Å²) in [6.07, 6.45) is 9.14. The summed E-state index contributed by atoms with van der Waals surface area (Å²) in [5.74, 6) is 1.96. The number of piperidine rings is 1. The number of hydrogen-bond donors (Lipinski definition) is 1. The molecule has 1 N–H and O–H groups in total. The van der Waals surface area contributed by atoms with Gasteiger partial charge in [-0.15, -0.1) is 0 Å². The molecule has 30 heavy (non-hydrogen) atoms. The van der Waals surface area contributed by atoms with Crippen LogP contribution in [0.2, 0.25) is 0 Å². The van der Waals surface area contributed by atoms with Gasteiger partial charge >= 0.3 is 0 Å².